The van der Waals surface area contributed by atoms with Crippen LogP contribution >= 0.6 is 11.8 Å². The smallest absolute Gasteiger partial charge is 0.338 e. The second-order valence-corrected chi connectivity index (χ2v) is 20.4. The lowest BCUT2D eigenvalue weighted by molar-refractivity contribution is -0.355. The molecule has 0 aliphatic carbocycles. The molecule has 11 nitrogen and oxygen atoms in total. The van der Waals surface area contributed by atoms with Crippen molar-refractivity contribution in [1.29, 1.82) is 0 Å². The number of hydrogen-bond donors (Lipinski definition) is 1. The minimum Gasteiger partial charge on any atom is -0.459 e. The molecular weight excluding hydrogens is 1000 g/mol. The highest BCUT2D eigenvalue weighted by Crippen LogP contribution is 2.40. The molecule has 1 N–H and O–H groups in total. The Bertz CT molecular complexity index is 2980. The van der Waals surface area contributed by atoms with Gasteiger partial charge in [-0.2, -0.15) is 0 Å². The summed E-state index contributed by atoms with van der Waals surface area (Å²) in [6.45, 7) is 0.724. The summed E-state index contributed by atoms with van der Waals surface area (Å²) in [5.41, 5.74) is 6.29. The Kier molecular flexibility index (Phi) is 19.7. The summed E-state index contributed by atoms with van der Waals surface area (Å²) in [7, 11) is 0. The molecule has 0 unspecified atom stereocenters. The van der Waals surface area contributed by atoms with Gasteiger partial charge < -0.3 is 47.7 Å². The summed E-state index contributed by atoms with van der Waals surface area (Å²) in [5, 5.41) is 12.4. The van der Waals surface area contributed by atoms with Crippen LogP contribution in [0.5, 0.6) is 0 Å². The van der Waals surface area contributed by atoms with Crippen molar-refractivity contribution in [3.63, 3.8) is 0 Å². The molecule has 2 heterocycles. The fourth-order valence-corrected chi connectivity index (χ4v) is 10.7. The molecule has 10 atom stereocenters. The van der Waals surface area contributed by atoms with Crippen molar-refractivity contribution < 1.29 is 52.5 Å². The molecule has 0 aromatic heterocycles. The Morgan fingerprint density at radius 3 is 1.35 bits per heavy atom. The molecule has 2 aliphatic rings. The van der Waals surface area contributed by atoms with E-state index in [1.54, 1.807) is 12.1 Å². The molecule has 0 bridgehead atoms. The number of carbonyl (C=O) groups is 1. The second-order valence-electron chi connectivity index (χ2n) is 19.2. The van der Waals surface area contributed by atoms with E-state index in [4.69, 9.17) is 42.6 Å². The minimum absolute atomic E-state index is 0.00959. The van der Waals surface area contributed by atoms with Crippen LogP contribution in [0.15, 0.2) is 241 Å². The molecule has 2 fully saturated rings. The summed E-state index contributed by atoms with van der Waals surface area (Å²) in [5.74, 6) is -0.542. The third-order valence-electron chi connectivity index (χ3n) is 13.6. The van der Waals surface area contributed by atoms with E-state index < -0.39 is 66.5 Å². The average Bonchev–Trinajstić information content (AvgIpc) is 3.61. The normalized spacial score (nSPS) is 23.1. The Morgan fingerprint density at radius 1 is 0.410 bits per heavy atom. The van der Waals surface area contributed by atoms with Gasteiger partial charge in [-0.05, 0) is 63.2 Å². The topological polar surface area (TPSA) is 120 Å². The van der Waals surface area contributed by atoms with Gasteiger partial charge in [0.25, 0.3) is 0 Å². The van der Waals surface area contributed by atoms with E-state index in [9.17, 15) is 9.90 Å². The SMILES string of the molecule is O=C(OC[C@H]1O[C@@H](Sc2ccccc2)[C@H](OCc2ccccc2)[C@@H](OCc2ccccc2)[C@@H]1O[C@H]1O[C@H](COCc2ccccc2)[C@@H](O)[C@H](OCc2ccccc2)[C@H]1OCc1ccccc1)c1ccc(-c2ccccc2)cc1. The summed E-state index contributed by atoms with van der Waals surface area (Å²) in [6, 6.07) is 76.5. The zero-order valence-corrected chi connectivity index (χ0v) is 44.0. The first-order valence-corrected chi connectivity index (χ1v) is 27.3. The van der Waals surface area contributed by atoms with Crippen LogP contribution in [0, 0.1) is 0 Å². The van der Waals surface area contributed by atoms with Crippen LogP contribution in [0.1, 0.15) is 38.2 Å². The number of carbonyl (C=O) groups excluding carboxylic acids is 1. The van der Waals surface area contributed by atoms with Crippen molar-refractivity contribution in [2.24, 2.45) is 0 Å². The first-order valence-electron chi connectivity index (χ1n) is 26.4. The number of thioether (sulfide) groups is 1. The van der Waals surface area contributed by atoms with Crippen LogP contribution < -0.4 is 0 Å². The Hall–Kier alpha value is -6.78. The number of aliphatic hydroxyl groups is 1. The highest BCUT2D eigenvalue weighted by atomic mass is 32.2. The maximum atomic E-state index is 14.2. The molecule has 2 aliphatic heterocycles. The number of esters is 1. The van der Waals surface area contributed by atoms with Crippen LogP contribution in [0.4, 0.5) is 0 Å². The first kappa shape index (κ1) is 54.6. The van der Waals surface area contributed by atoms with Crippen LogP contribution in [-0.4, -0.2) is 84.8 Å². The Balaban J connectivity index is 1.03. The lowest BCUT2D eigenvalue weighted by atomic mass is 9.96. The monoisotopic (exact) mass is 1060 g/mol. The van der Waals surface area contributed by atoms with E-state index in [1.165, 1.54) is 11.8 Å². The van der Waals surface area contributed by atoms with Crippen LogP contribution in [0.2, 0.25) is 0 Å². The summed E-state index contributed by atoms with van der Waals surface area (Å²) in [4.78, 5) is 15.2. The highest BCUT2D eigenvalue weighted by molar-refractivity contribution is 7.99. The van der Waals surface area contributed by atoms with Crippen molar-refractivity contribution in [3.8, 4) is 11.1 Å². The average molecular weight is 1070 g/mol. The van der Waals surface area contributed by atoms with Crippen LogP contribution in [-0.2, 0) is 75.7 Å². The lowest BCUT2D eigenvalue weighted by Gasteiger charge is -2.49. The standard InChI is InChI=1S/C66H64O11S/c67-58-56(45-69-40-47-22-8-1-9-23-47)75-65(62(72-43-50-28-14-4-15-29-50)60(58)70-41-48-24-10-2-11-25-48)77-59-57(46-74-64(68)54-38-36-53(37-39-54)52-32-18-6-19-33-52)76-66(78-55-34-20-7-21-35-55)63(73-44-51-30-16-5-17-31-51)61(59)71-42-49-26-12-3-13-27-49/h1-39,56-63,65-67H,40-46H2/t56-,57-,58-,59-,60+,61+,62-,63-,65-,66+/m1/s1. The fourth-order valence-electron chi connectivity index (χ4n) is 9.54. The van der Waals surface area contributed by atoms with Crippen molar-refractivity contribution in [3.05, 3.63) is 270 Å². The molecule has 0 radical (unpaired) electrons. The number of ether oxygens (including phenoxy) is 9. The van der Waals surface area contributed by atoms with Crippen molar-refractivity contribution >= 4 is 17.7 Å². The summed E-state index contributed by atoms with van der Waals surface area (Å²) in [6.07, 6.45) is -9.15. The van der Waals surface area contributed by atoms with Gasteiger partial charge in [-0.1, -0.05) is 224 Å². The molecule has 8 aromatic carbocycles. The zero-order chi connectivity index (χ0) is 53.1. The molecule has 2 saturated heterocycles. The van der Waals surface area contributed by atoms with Gasteiger partial charge in [-0.3, -0.25) is 0 Å². The molecule has 10 rings (SSSR count). The quantitative estimate of drug-likeness (QED) is 0.0580. The van der Waals surface area contributed by atoms with Gasteiger partial charge in [0.1, 0.15) is 60.9 Å². The van der Waals surface area contributed by atoms with E-state index in [2.05, 4.69) is 0 Å². The molecule has 12 heteroatoms. The van der Waals surface area contributed by atoms with E-state index in [-0.39, 0.29) is 46.2 Å². The summed E-state index contributed by atoms with van der Waals surface area (Å²) >= 11 is 1.49. The van der Waals surface area contributed by atoms with E-state index in [0.717, 1.165) is 43.8 Å². The molecule has 400 valence electrons. The molecule has 0 spiro atoms. The predicted octanol–water partition coefficient (Wildman–Crippen LogP) is 12.1. The van der Waals surface area contributed by atoms with Gasteiger partial charge in [0.2, 0.25) is 0 Å². The molecule has 8 aromatic rings. The number of hydrogen-bond acceptors (Lipinski definition) is 12. The Morgan fingerprint density at radius 2 is 0.833 bits per heavy atom. The van der Waals surface area contributed by atoms with Gasteiger partial charge in [0.05, 0.1) is 45.2 Å². The maximum absolute atomic E-state index is 14.2. The van der Waals surface area contributed by atoms with E-state index in [1.807, 2.05) is 224 Å². The molecule has 0 amide bonds. The predicted molar refractivity (Wildman–Crippen MR) is 299 cm³/mol. The number of benzene rings is 8. The lowest BCUT2D eigenvalue weighted by Crippen LogP contribution is -2.65. The van der Waals surface area contributed by atoms with Crippen molar-refractivity contribution in [2.75, 3.05) is 13.2 Å². The zero-order valence-electron chi connectivity index (χ0n) is 43.2. The third-order valence-corrected chi connectivity index (χ3v) is 14.8. The highest BCUT2D eigenvalue weighted by Gasteiger charge is 2.54. The van der Waals surface area contributed by atoms with Crippen molar-refractivity contribution in [2.45, 2.75) is 98.5 Å². The molecular formula is C66H64O11S. The minimum atomic E-state index is -1.24. The van der Waals surface area contributed by atoms with Gasteiger partial charge in [-0.15, -0.1) is 0 Å². The summed E-state index contributed by atoms with van der Waals surface area (Å²) < 4.78 is 62.0. The maximum Gasteiger partial charge on any atom is 0.338 e. The number of rotatable bonds is 24. The van der Waals surface area contributed by atoms with Crippen LogP contribution in [0.3, 0.4) is 0 Å². The van der Waals surface area contributed by atoms with Gasteiger partial charge >= 0.3 is 5.97 Å². The van der Waals surface area contributed by atoms with E-state index >= 15 is 0 Å². The van der Waals surface area contributed by atoms with Gasteiger partial charge in [0.15, 0.2) is 6.29 Å². The van der Waals surface area contributed by atoms with Gasteiger partial charge in [0, 0.05) is 4.90 Å². The van der Waals surface area contributed by atoms with Gasteiger partial charge in [-0.25, -0.2) is 4.79 Å². The largest absolute Gasteiger partial charge is 0.459 e. The molecule has 0 saturated carbocycles. The molecule has 78 heavy (non-hydrogen) atoms. The second kappa shape index (κ2) is 28.2. The fraction of sp³-hybridized carbons (Fsp3) is 0.258. The third kappa shape index (κ3) is 15.1. The van der Waals surface area contributed by atoms with Crippen molar-refractivity contribution in [1.82, 2.24) is 0 Å². The Labute approximate surface area is 460 Å². The first-order chi connectivity index (χ1) is 38.5. The van der Waals surface area contributed by atoms with E-state index in [0.29, 0.717) is 5.56 Å². The van der Waals surface area contributed by atoms with Crippen LogP contribution in [0.25, 0.3) is 11.1 Å². The number of aliphatic hydroxyl groups excluding tert-OH is 1.